The standard InChI is InChI=1S/C15H30N2O/c1-3-10-16-14-8-5-9-15(14)17(4-2)12-13-7-6-11-18-13/h13-16H,3-12H2,1-2H3. The zero-order chi connectivity index (χ0) is 12.8. The maximum absolute atomic E-state index is 5.80. The first kappa shape index (κ1) is 14.3. The quantitative estimate of drug-likeness (QED) is 0.755. The van der Waals surface area contributed by atoms with Crippen molar-refractivity contribution in [2.75, 3.05) is 26.2 Å². The Morgan fingerprint density at radius 2 is 2.06 bits per heavy atom. The fourth-order valence-corrected chi connectivity index (χ4v) is 3.49. The summed E-state index contributed by atoms with van der Waals surface area (Å²) in [5.41, 5.74) is 0. The molecular formula is C15H30N2O. The predicted molar refractivity (Wildman–Crippen MR) is 75.9 cm³/mol. The van der Waals surface area contributed by atoms with Crippen LogP contribution in [-0.4, -0.2) is 49.3 Å². The van der Waals surface area contributed by atoms with Crippen LogP contribution in [0.4, 0.5) is 0 Å². The van der Waals surface area contributed by atoms with E-state index < -0.39 is 0 Å². The van der Waals surface area contributed by atoms with E-state index in [1.807, 2.05) is 0 Å². The second kappa shape index (κ2) is 7.46. The van der Waals surface area contributed by atoms with Crippen LogP contribution in [0.25, 0.3) is 0 Å². The van der Waals surface area contributed by atoms with Crippen LogP contribution in [-0.2, 0) is 4.74 Å². The smallest absolute Gasteiger partial charge is 0.0702 e. The molecule has 3 unspecified atom stereocenters. The Morgan fingerprint density at radius 3 is 2.72 bits per heavy atom. The number of nitrogens with zero attached hydrogens (tertiary/aromatic N) is 1. The van der Waals surface area contributed by atoms with Gasteiger partial charge in [-0.05, 0) is 45.2 Å². The van der Waals surface area contributed by atoms with E-state index in [0.717, 1.165) is 25.7 Å². The highest BCUT2D eigenvalue weighted by Crippen LogP contribution is 2.26. The van der Waals surface area contributed by atoms with E-state index in [1.54, 1.807) is 0 Å². The van der Waals surface area contributed by atoms with E-state index in [2.05, 4.69) is 24.1 Å². The van der Waals surface area contributed by atoms with Crippen LogP contribution in [0.2, 0.25) is 0 Å². The zero-order valence-electron chi connectivity index (χ0n) is 12.2. The van der Waals surface area contributed by atoms with Crippen molar-refractivity contribution in [2.45, 2.75) is 70.6 Å². The number of likely N-dealkylation sites (N-methyl/N-ethyl adjacent to an activating group) is 1. The third-order valence-electron chi connectivity index (χ3n) is 4.47. The van der Waals surface area contributed by atoms with Gasteiger partial charge in [0.25, 0.3) is 0 Å². The van der Waals surface area contributed by atoms with Crippen molar-refractivity contribution >= 4 is 0 Å². The third kappa shape index (κ3) is 3.69. The Kier molecular flexibility index (Phi) is 5.93. The van der Waals surface area contributed by atoms with Gasteiger partial charge in [0.15, 0.2) is 0 Å². The molecule has 2 fully saturated rings. The highest BCUT2D eigenvalue weighted by atomic mass is 16.5. The summed E-state index contributed by atoms with van der Waals surface area (Å²) >= 11 is 0. The summed E-state index contributed by atoms with van der Waals surface area (Å²) in [5, 5.41) is 3.74. The molecule has 0 aromatic rings. The normalized spacial score (nSPS) is 32.5. The Bertz CT molecular complexity index is 229. The van der Waals surface area contributed by atoms with Gasteiger partial charge >= 0.3 is 0 Å². The average Bonchev–Trinajstić information content (AvgIpc) is 3.04. The molecule has 2 aliphatic rings. The minimum Gasteiger partial charge on any atom is -0.377 e. The number of nitrogens with one attached hydrogen (secondary N) is 1. The van der Waals surface area contributed by atoms with Gasteiger partial charge < -0.3 is 10.1 Å². The lowest BCUT2D eigenvalue weighted by Gasteiger charge is -2.34. The van der Waals surface area contributed by atoms with Gasteiger partial charge in [-0.25, -0.2) is 0 Å². The molecule has 3 atom stereocenters. The van der Waals surface area contributed by atoms with E-state index in [0.29, 0.717) is 12.1 Å². The van der Waals surface area contributed by atoms with Crippen LogP contribution in [0.5, 0.6) is 0 Å². The first-order valence-electron chi connectivity index (χ1n) is 7.94. The van der Waals surface area contributed by atoms with Crippen molar-refractivity contribution in [1.29, 1.82) is 0 Å². The molecule has 106 valence electrons. The van der Waals surface area contributed by atoms with Crippen molar-refractivity contribution in [3.63, 3.8) is 0 Å². The maximum atomic E-state index is 5.80. The molecular weight excluding hydrogens is 224 g/mol. The van der Waals surface area contributed by atoms with E-state index in [4.69, 9.17) is 4.74 Å². The molecule has 18 heavy (non-hydrogen) atoms. The third-order valence-corrected chi connectivity index (χ3v) is 4.47. The molecule has 0 bridgehead atoms. The second-order valence-electron chi connectivity index (χ2n) is 5.78. The van der Waals surface area contributed by atoms with Gasteiger partial charge in [0, 0.05) is 25.2 Å². The largest absolute Gasteiger partial charge is 0.377 e. The Labute approximate surface area is 112 Å². The van der Waals surface area contributed by atoms with Crippen molar-refractivity contribution in [1.82, 2.24) is 10.2 Å². The summed E-state index contributed by atoms with van der Waals surface area (Å²) in [6, 6.07) is 1.46. The minimum atomic E-state index is 0.498. The highest BCUT2D eigenvalue weighted by Gasteiger charge is 2.32. The molecule has 1 aliphatic heterocycles. The lowest BCUT2D eigenvalue weighted by atomic mass is 10.1. The fourth-order valence-electron chi connectivity index (χ4n) is 3.49. The van der Waals surface area contributed by atoms with Gasteiger partial charge in [-0.1, -0.05) is 20.3 Å². The van der Waals surface area contributed by atoms with Crippen LogP contribution >= 0.6 is 0 Å². The number of rotatable bonds is 7. The van der Waals surface area contributed by atoms with Gasteiger partial charge in [-0.15, -0.1) is 0 Å². The average molecular weight is 254 g/mol. The molecule has 1 saturated heterocycles. The maximum Gasteiger partial charge on any atom is 0.0702 e. The number of hydrogen-bond acceptors (Lipinski definition) is 3. The summed E-state index contributed by atoms with van der Waals surface area (Å²) in [7, 11) is 0. The van der Waals surface area contributed by atoms with Crippen LogP contribution in [0.15, 0.2) is 0 Å². The lowest BCUT2D eigenvalue weighted by molar-refractivity contribution is 0.0549. The summed E-state index contributed by atoms with van der Waals surface area (Å²) in [5.74, 6) is 0. The van der Waals surface area contributed by atoms with Crippen molar-refractivity contribution < 1.29 is 4.74 Å². The Hall–Kier alpha value is -0.120. The molecule has 1 heterocycles. The first-order valence-corrected chi connectivity index (χ1v) is 7.94. The van der Waals surface area contributed by atoms with E-state index in [1.165, 1.54) is 45.1 Å². The van der Waals surface area contributed by atoms with Crippen LogP contribution in [0.3, 0.4) is 0 Å². The van der Waals surface area contributed by atoms with E-state index in [9.17, 15) is 0 Å². The molecule has 0 aromatic carbocycles. The molecule has 0 spiro atoms. The lowest BCUT2D eigenvalue weighted by Crippen LogP contribution is -2.49. The molecule has 1 saturated carbocycles. The van der Waals surface area contributed by atoms with Crippen molar-refractivity contribution in [3.8, 4) is 0 Å². The van der Waals surface area contributed by atoms with Crippen LogP contribution in [0.1, 0.15) is 52.4 Å². The Balaban J connectivity index is 1.84. The van der Waals surface area contributed by atoms with Gasteiger partial charge in [-0.3, -0.25) is 4.90 Å². The Morgan fingerprint density at radius 1 is 1.17 bits per heavy atom. The molecule has 0 amide bonds. The minimum absolute atomic E-state index is 0.498. The topological polar surface area (TPSA) is 24.5 Å². The van der Waals surface area contributed by atoms with E-state index in [-0.39, 0.29) is 0 Å². The summed E-state index contributed by atoms with van der Waals surface area (Å²) in [4.78, 5) is 2.66. The monoisotopic (exact) mass is 254 g/mol. The second-order valence-corrected chi connectivity index (χ2v) is 5.78. The molecule has 0 radical (unpaired) electrons. The molecule has 0 aromatic heterocycles. The molecule has 3 heteroatoms. The molecule has 2 rings (SSSR count). The predicted octanol–water partition coefficient (Wildman–Crippen LogP) is 2.41. The summed E-state index contributed by atoms with van der Waals surface area (Å²) in [6.45, 7) is 8.99. The fraction of sp³-hybridized carbons (Fsp3) is 1.00. The van der Waals surface area contributed by atoms with Gasteiger partial charge in [-0.2, -0.15) is 0 Å². The molecule has 1 aliphatic carbocycles. The zero-order valence-corrected chi connectivity index (χ0v) is 12.2. The van der Waals surface area contributed by atoms with Crippen molar-refractivity contribution in [2.24, 2.45) is 0 Å². The summed E-state index contributed by atoms with van der Waals surface area (Å²) in [6.07, 6.45) is 8.35. The van der Waals surface area contributed by atoms with Crippen molar-refractivity contribution in [3.05, 3.63) is 0 Å². The van der Waals surface area contributed by atoms with E-state index >= 15 is 0 Å². The van der Waals surface area contributed by atoms with Crippen LogP contribution < -0.4 is 5.32 Å². The van der Waals surface area contributed by atoms with Gasteiger partial charge in [0.05, 0.1) is 6.10 Å². The molecule has 3 nitrogen and oxygen atoms in total. The van der Waals surface area contributed by atoms with Gasteiger partial charge in [0.2, 0.25) is 0 Å². The SMILES string of the molecule is CCCNC1CCCC1N(CC)CC1CCCO1. The first-order chi connectivity index (χ1) is 8.85. The highest BCUT2D eigenvalue weighted by molar-refractivity contribution is 4.91. The number of hydrogen-bond donors (Lipinski definition) is 1. The van der Waals surface area contributed by atoms with Crippen LogP contribution in [0, 0.1) is 0 Å². The molecule has 1 N–H and O–H groups in total. The van der Waals surface area contributed by atoms with Gasteiger partial charge in [0.1, 0.15) is 0 Å². The number of ether oxygens (including phenoxy) is 1. The summed E-state index contributed by atoms with van der Waals surface area (Å²) < 4.78 is 5.80.